The van der Waals surface area contributed by atoms with Crippen LogP contribution in [0.15, 0.2) is 65.6 Å². The first-order valence-corrected chi connectivity index (χ1v) is 10.2. The second kappa shape index (κ2) is 9.37. The SMILES string of the molecule is CCC(C)(O)COc1ccc(-n2ccc(COc3ccc(Cl)cc3)cc2=O)cc1C. The predicted octanol–water partition coefficient (Wildman–Crippen LogP) is 4.92. The molecular weight excluding hydrogens is 402 g/mol. The molecule has 0 spiro atoms. The normalized spacial score (nSPS) is 13.0. The van der Waals surface area contributed by atoms with Gasteiger partial charge in [0.15, 0.2) is 0 Å². The van der Waals surface area contributed by atoms with Crippen LogP contribution in [0.25, 0.3) is 5.69 Å². The molecular formula is C24H26ClNO4. The first-order valence-electron chi connectivity index (χ1n) is 9.83. The van der Waals surface area contributed by atoms with Crippen molar-refractivity contribution in [1.29, 1.82) is 0 Å². The lowest BCUT2D eigenvalue weighted by Gasteiger charge is -2.22. The molecule has 3 aromatic rings. The Morgan fingerprint density at radius 3 is 2.43 bits per heavy atom. The van der Waals surface area contributed by atoms with E-state index in [1.54, 1.807) is 48.0 Å². The van der Waals surface area contributed by atoms with Crippen molar-refractivity contribution in [2.75, 3.05) is 6.61 Å². The highest BCUT2D eigenvalue weighted by atomic mass is 35.5. The molecule has 0 amide bonds. The van der Waals surface area contributed by atoms with Gasteiger partial charge in [0.25, 0.3) is 5.56 Å². The van der Waals surface area contributed by atoms with Gasteiger partial charge in [-0.25, -0.2) is 0 Å². The van der Waals surface area contributed by atoms with E-state index in [2.05, 4.69) is 0 Å². The Morgan fingerprint density at radius 2 is 1.80 bits per heavy atom. The van der Waals surface area contributed by atoms with Crippen molar-refractivity contribution in [1.82, 2.24) is 4.57 Å². The van der Waals surface area contributed by atoms with Crippen LogP contribution in [0.3, 0.4) is 0 Å². The zero-order valence-electron chi connectivity index (χ0n) is 17.4. The van der Waals surface area contributed by atoms with Gasteiger partial charge in [0.1, 0.15) is 24.7 Å². The highest BCUT2D eigenvalue weighted by molar-refractivity contribution is 6.30. The molecule has 0 aliphatic carbocycles. The molecule has 1 unspecified atom stereocenters. The third-order valence-electron chi connectivity index (χ3n) is 4.94. The van der Waals surface area contributed by atoms with Crippen LogP contribution in [0.4, 0.5) is 0 Å². The van der Waals surface area contributed by atoms with E-state index in [0.29, 0.717) is 29.5 Å². The van der Waals surface area contributed by atoms with Gasteiger partial charge in [0.2, 0.25) is 0 Å². The number of aryl methyl sites for hydroxylation is 1. The topological polar surface area (TPSA) is 60.7 Å². The molecule has 2 aromatic carbocycles. The number of aliphatic hydroxyl groups is 1. The summed E-state index contributed by atoms with van der Waals surface area (Å²) >= 11 is 5.87. The fraction of sp³-hybridized carbons (Fsp3) is 0.292. The summed E-state index contributed by atoms with van der Waals surface area (Å²) in [7, 11) is 0. The van der Waals surface area contributed by atoms with Crippen LogP contribution in [0.2, 0.25) is 5.02 Å². The van der Waals surface area contributed by atoms with Crippen molar-refractivity contribution in [3.05, 3.63) is 87.3 Å². The Balaban J connectivity index is 1.70. The first kappa shape index (κ1) is 21.9. The van der Waals surface area contributed by atoms with Gasteiger partial charge >= 0.3 is 0 Å². The number of pyridine rings is 1. The molecule has 158 valence electrons. The quantitative estimate of drug-likeness (QED) is 0.554. The maximum Gasteiger partial charge on any atom is 0.255 e. The average Bonchev–Trinajstić information content (AvgIpc) is 2.72. The molecule has 5 nitrogen and oxygen atoms in total. The predicted molar refractivity (Wildman–Crippen MR) is 119 cm³/mol. The van der Waals surface area contributed by atoms with Crippen molar-refractivity contribution in [2.45, 2.75) is 39.4 Å². The standard InChI is InChI=1S/C24H26ClNO4/c1-4-24(3,28)16-30-22-10-7-20(13-17(22)2)26-12-11-18(14-23(26)27)15-29-21-8-5-19(25)6-9-21/h5-14,28H,4,15-16H2,1-3H3. The number of halogens is 1. The van der Waals surface area contributed by atoms with Crippen LogP contribution in [0.5, 0.6) is 11.5 Å². The molecule has 1 heterocycles. The molecule has 1 N–H and O–H groups in total. The van der Waals surface area contributed by atoms with Gasteiger partial charge in [-0.3, -0.25) is 9.36 Å². The second-order valence-corrected chi connectivity index (χ2v) is 8.01. The third kappa shape index (κ3) is 5.65. The van der Waals surface area contributed by atoms with E-state index in [1.165, 1.54) is 0 Å². The molecule has 6 heteroatoms. The Labute approximate surface area is 181 Å². The van der Waals surface area contributed by atoms with E-state index in [9.17, 15) is 9.90 Å². The lowest BCUT2D eigenvalue weighted by Crippen LogP contribution is -2.31. The molecule has 0 fully saturated rings. The van der Waals surface area contributed by atoms with Crippen LogP contribution in [-0.4, -0.2) is 21.9 Å². The van der Waals surface area contributed by atoms with E-state index in [0.717, 1.165) is 16.8 Å². The third-order valence-corrected chi connectivity index (χ3v) is 5.19. The number of hydrogen-bond acceptors (Lipinski definition) is 4. The fourth-order valence-corrected chi connectivity index (χ4v) is 2.93. The molecule has 30 heavy (non-hydrogen) atoms. The molecule has 0 aliphatic rings. The van der Waals surface area contributed by atoms with Gasteiger partial charge in [-0.2, -0.15) is 0 Å². The second-order valence-electron chi connectivity index (χ2n) is 7.57. The van der Waals surface area contributed by atoms with Gasteiger partial charge in [0, 0.05) is 23.0 Å². The van der Waals surface area contributed by atoms with Gasteiger partial charge < -0.3 is 14.6 Å². The molecule has 1 aromatic heterocycles. The Morgan fingerprint density at radius 1 is 1.07 bits per heavy atom. The molecule has 0 aliphatic heterocycles. The van der Waals surface area contributed by atoms with Crippen molar-refractivity contribution < 1.29 is 14.6 Å². The molecule has 0 saturated carbocycles. The van der Waals surface area contributed by atoms with Crippen molar-refractivity contribution in [3.8, 4) is 17.2 Å². The fourth-order valence-electron chi connectivity index (χ4n) is 2.80. The summed E-state index contributed by atoms with van der Waals surface area (Å²) in [4.78, 5) is 12.6. The lowest BCUT2D eigenvalue weighted by molar-refractivity contribution is 0.00828. The molecule has 0 radical (unpaired) electrons. The zero-order valence-corrected chi connectivity index (χ0v) is 18.1. The van der Waals surface area contributed by atoms with Gasteiger partial charge in [-0.05, 0) is 79.9 Å². The van der Waals surface area contributed by atoms with Crippen LogP contribution < -0.4 is 15.0 Å². The molecule has 1 atom stereocenters. The summed E-state index contributed by atoms with van der Waals surface area (Å²) in [6.45, 7) is 6.08. The number of ether oxygens (including phenoxy) is 2. The average molecular weight is 428 g/mol. The summed E-state index contributed by atoms with van der Waals surface area (Å²) in [6.07, 6.45) is 2.34. The number of aromatic nitrogens is 1. The number of benzene rings is 2. The van der Waals surface area contributed by atoms with E-state index in [4.69, 9.17) is 21.1 Å². The first-order chi connectivity index (χ1) is 14.3. The summed E-state index contributed by atoms with van der Waals surface area (Å²) in [5.41, 5.74) is 1.41. The number of nitrogens with zero attached hydrogens (tertiary/aromatic N) is 1. The van der Waals surface area contributed by atoms with E-state index in [-0.39, 0.29) is 12.2 Å². The van der Waals surface area contributed by atoms with Crippen LogP contribution >= 0.6 is 11.6 Å². The molecule has 0 bridgehead atoms. The smallest absolute Gasteiger partial charge is 0.255 e. The minimum absolute atomic E-state index is 0.144. The molecule has 0 saturated heterocycles. The van der Waals surface area contributed by atoms with E-state index >= 15 is 0 Å². The van der Waals surface area contributed by atoms with Gasteiger partial charge in [-0.15, -0.1) is 0 Å². The Kier molecular flexibility index (Phi) is 6.85. The van der Waals surface area contributed by atoms with Crippen molar-refractivity contribution in [3.63, 3.8) is 0 Å². The monoisotopic (exact) mass is 427 g/mol. The van der Waals surface area contributed by atoms with Crippen LogP contribution in [0, 0.1) is 6.92 Å². The number of hydrogen-bond donors (Lipinski definition) is 1. The van der Waals surface area contributed by atoms with Crippen LogP contribution in [0.1, 0.15) is 31.4 Å². The minimum Gasteiger partial charge on any atom is -0.490 e. The maximum atomic E-state index is 12.6. The zero-order chi connectivity index (χ0) is 21.7. The summed E-state index contributed by atoms with van der Waals surface area (Å²) in [5.74, 6) is 1.38. The largest absolute Gasteiger partial charge is 0.490 e. The van der Waals surface area contributed by atoms with Crippen molar-refractivity contribution >= 4 is 11.6 Å². The summed E-state index contributed by atoms with van der Waals surface area (Å²) < 4.78 is 13.0. The maximum absolute atomic E-state index is 12.6. The Bertz CT molecular complexity index is 1060. The van der Waals surface area contributed by atoms with E-state index in [1.807, 2.05) is 38.1 Å². The Hall–Kier alpha value is -2.76. The lowest BCUT2D eigenvalue weighted by atomic mass is 10.1. The van der Waals surface area contributed by atoms with Crippen molar-refractivity contribution in [2.24, 2.45) is 0 Å². The van der Waals surface area contributed by atoms with Gasteiger partial charge in [0.05, 0.1) is 5.60 Å². The molecule has 3 rings (SSSR count). The summed E-state index contributed by atoms with van der Waals surface area (Å²) in [6, 6.07) is 16.0. The summed E-state index contributed by atoms with van der Waals surface area (Å²) in [5, 5.41) is 10.8. The highest BCUT2D eigenvalue weighted by Crippen LogP contribution is 2.23. The van der Waals surface area contributed by atoms with Gasteiger partial charge in [-0.1, -0.05) is 18.5 Å². The minimum atomic E-state index is -0.869. The highest BCUT2D eigenvalue weighted by Gasteiger charge is 2.19. The van der Waals surface area contributed by atoms with Crippen LogP contribution in [-0.2, 0) is 6.61 Å². The number of rotatable bonds is 8. The van der Waals surface area contributed by atoms with E-state index < -0.39 is 5.60 Å².